The van der Waals surface area contributed by atoms with E-state index in [-0.39, 0.29) is 5.91 Å². The molecule has 1 amide bonds. The molecule has 0 spiro atoms. The number of rotatable bonds is 5. The molecule has 0 radical (unpaired) electrons. The molecule has 2 aliphatic carbocycles. The maximum atomic E-state index is 12.1. The van der Waals surface area contributed by atoms with Gasteiger partial charge in [0.2, 0.25) is 5.01 Å². The van der Waals surface area contributed by atoms with Crippen LogP contribution in [0.3, 0.4) is 0 Å². The lowest BCUT2D eigenvalue weighted by molar-refractivity contribution is 0.0948. The Morgan fingerprint density at radius 3 is 2.90 bits per heavy atom. The molecule has 4 rings (SSSR count). The van der Waals surface area contributed by atoms with Gasteiger partial charge in [-0.25, -0.2) is 0 Å². The fourth-order valence-corrected chi connectivity index (χ4v) is 3.44. The molecule has 0 unspecified atom stereocenters. The highest BCUT2D eigenvalue weighted by Crippen LogP contribution is 2.41. The van der Waals surface area contributed by atoms with Gasteiger partial charge in [0.25, 0.3) is 5.91 Å². The minimum atomic E-state index is -0.138. The van der Waals surface area contributed by atoms with Crippen molar-refractivity contribution < 1.29 is 4.79 Å². The average Bonchev–Trinajstić information content (AvgIpc) is 2.99. The van der Waals surface area contributed by atoms with Gasteiger partial charge in [-0.05, 0) is 38.2 Å². The maximum Gasteiger partial charge on any atom is 0.282 e. The van der Waals surface area contributed by atoms with Gasteiger partial charge in [-0.2, -0.15) is 5.10 Å². The van der Waals surface area contributed by atoms with Crippen LogP contribution in [0.5, 0.6) is 0 Å². The van der Waals surface area contributed by atoms with Crippen molar-refractivity contribution in [2.75, 3.05) is 0 Å². The fraction of sp³-hybridized carbons (Fsp3) is 0.571. The number of carbonyl (C=O) groups is 1. The zero-order valence-electron chi connectivity index (χ0n) is 11.7. The van der Waals surface area contributed by atoms with Crippen molar-refractivity contribution in [2.45, 2.75) is 50.6 Å². The summed E-state index contributed by atoms with van der Waals surface area (Å²) in [7, 11) is 0. The summed E-state index contributed by atoms with van der Waals surface area (Å²) < 4.78 is 2.04. The van der Waals surface area contributed by atoms with Crippen molar-refractivity contribution in [1.29, 1.82) is 0 Å². The van der Waals surface area contributed by atoms with Crippen molar-refractivity contribution in [1.82, 2.24) is 25.3 Å². The molecule has 0 bridgehead atoms. The lowest BCUT2D eigenvalue weighted by atomic mass is 9.93. The molecule has 2 aliphatic rings. The third kappa shape index (κ3) is 2.57. The summed E-state index contributed by atoms with van der Waals surface area (Å²) in [5, 5.41) is 16.9. The average molecular weight is 303 g/mol. The molecule has 2 saturated carbocycles. The van der Waals surface area contributed by atoms with Crippen LogP contribution >= 0.6 is 11.3 Å². The van der Waals surface area contributed by atoms with Gasteiger partial charge in [0.1, 0.15) is 5.01 Å². The largest absolute Gasteiger partial charge is 0.344 e. The van der Waals surface area contributed by atoms with Crippen LogP contribution in [0, 0.1) is 0 Å². The first kappa shape index (κ1) is 12.9. The third-order valence-corrected chi connectivity index (χ3v) is 5.25. The molecular weight excluding hydrogens is 286 g/mol. The quantitative estimate of drug-likeness (QED) is 0.919. The molecule has 2 aromatic rings. The summed E-state index contributed by atoms with van der Waals surface area (Å²) in [6, 6.07) is 2.48. The molecule has 0 saturated heterocycles. The number of carbonyl (C=O) groups excluding carboxylic acids is 1. The van der Waals surface area contributed by atoms with E-state index in [4.69, 9.17) is 0 Å². The topological polar surface area (TPSA) is 72.7 Å². The number of hydrogen-bond acceptors (Lipinski definition) is 5. The van der Waals surface area contributed by atoms with E-state index >= 15 is 0 Å². The summed E-state index contributed by atoms with van der Waals surface area (Å²) in [5.41, 5.74) is 1.06. The Hall–Kier alpha value is -1.76. The first-order valence-electron chi connectivity index (χ1n) is 7.45. The highest BCUT2D eigenvalue weighted by Gasteiger charge is 2.28. The summed E-state index contributed by atoms with van der Waals surface area (Å²) >= 11 is 1.42. The van der Waals surface area contributed by atoms with E-state index in [1.54, 1.807) is 6.20 Å². The van der Waals surface area contributed by atoms with E-state index in [2.05, 4.69) is 20.6 Å². The van der Waals surface area contributed by atoms with Gasteiger partial charge in [0.15, 0.2) is 0 Å². The molecule has 2 fully saturated rings. The molecule has 0 aliphatic heterocycles. The van der Waals surface area contributed by atoms with Crippen LogP contribution in [0.25, 0.3) is 0 Å². The summed E-state index contributed by atoms with van der Waals surface area (Å²) in [6.45, 7) is 0.494. The van der Waals surface area contributed by atoms with Crippen LogP contribution in [0.2, 0.25) is 0 Å². The Kier molecular flexibility index (Phi) is 3.21. The normalized spacial score (nSPS) is 18.5. The van der Waals surface area contributed by atoms with Crippen LogP contribution < -0.4 is 5.32 Å². The van der Waals surface area contributed by atoms with E-state index in [0.29, 0.717) is 23.5 Å². The van der Waals surface area contributed by atoms with Gasteiger partial charge >= 0.3 is 0 Å². The van der Waals surface area contributed by atoms with E-state index in [1.165, 1.54) is 43.4 Å². The molecule has 110 valence electrons. The molecule has 0 aromatic carbocycles. The van der Waals surface area contributed by atoms with Crippen molar-refractivity contribution in [3.05, 3.63) is 28.0 Å². The standard InChI is InChI=1S/C14H17N5OS/c20-12(14-18-17-13(21-14)9-4-5-9)15-8-11-6-7-16-19(11)10-2-1-3-10/h6-7,9-10H,1-5,8H2,(H,15,20). The van der Waals surface area contributed by atoms with Gasteiger partial charge in [-0.15, -0.1) is 10.2 Å². The number of amides is 1. The second-order valence-corrected chi connectivity index (χ2v) is 6.76. The predicted octanol–water partition coefficient (Wildman–Crippen LogP) is 2.27. The Labute approximate surface area is 126 Å². The molecule has 2 aromatic heterocycles. The van der Waals surface area contributed by atoms with Crippen molar-refractivity contribution in [2.24, 2.45) is 0 Å². The van der Waals surface area contributed by atoms with E-state index in [1.807, 2.05) is 10.7 Å². The first-order chi connectivity index (χ1) is 10.3. The highest BCUT2D eigenvalue weighted by atomic mass is 32.1. The van der Waals surface area contributed by atoms with Gasteiger partial charge in [-0.1, -0.05) is 11.3 Å². The molecule has 7 heteroatoms. The van der Waals surface area contributed by atoms with Gasteiger partial charge in [0.05, 0.1) is 18.3 Å². The summed E-state index contributed by atoms with van der Waals surface area (Å²) in [6.07, 6.45) is 7.79. The number of nitrogens with zero attached hydrogens (tertiary/aromatic N) is 4. The van der Waals surface area contributed by atoms with Crippen molar-refractivity contribution in [3.8, 4) is 0 Å². The zero-order chi connectivity index (χ0) is 14.2. The second kappa shape index (κ2) is 5.22. The minimum Gasteiger partial charge on any atom is -0.344 e. The molecule has 1 N–H and O–H groups in total. The smallest absolute Gasteiger partial charge is 0.282 e. The minimum absolute atomic E-state index is 0.138. The van der Waals surface area contributed by atoms with E-state index in [0.717, 1.165) is 10.7 Å². The van der Waals surface area contributed by atoms with Crippen LogP contribution in [-0.4, -0.2) is 25.9 Å². The van der Waals surface area contributed by atoms with Gasteiger partial charge < -0.3 is 5.32 Å². The highest BCUT2D eigenvalue weighted by molar-refractivity contribution is 7.13. The van der Waals surface area contributed by atoms with E-state index in [9.17, 15) is 4.79 Å². The molecule has 0 atom stereocenters. The second-order valence-electron chi connectivity index (χ2n) is 5.75. The summed E-state index contributed by atoms with van der Waals surface area (Å²) in [5.74, 6) is 0.407. The van der Waals surface area contributed by atoms with Crippen LogP contribution in [0.15, 0.2) is 12.3 Å². The number of nitrogens with one attached hydrogen (secondary N) is 1. The number of aromatic nitrogens is 4. The van der Waals surface area contributed by atoms with Crippen LogP contribution in [0.1, 0.15) is 64.6 Å². The number of hydrogen-bond donors (Lipinski definition) is 1. The van der Waals surface area contributed by atoms with E-state index < -0.39 is 0 Å². The lowest BCUT2D eigenvalue weighted by Gasteiger charge is -2.27. The molecule has 2 heterocycles. The molecule has 21 heavy (non-hydrogen) atoms. The predicted molar refractivity (Wildman–Crippen MR) is 78.2 cm³/mol. The first-order valence-corrected chi connectivity index (χ1v) is 8.27. The van der Waals surface area contributed by atoms with Crippen molar-refractivity contribution >= 4 is 17.2 Å². The Morgan fingerprint density at radius 1 is 1.33 bits per heavy atom. The third-order valence-electron chi connectivity index (χ3n) is 4.16. The van der Waals surface area contributed by atoms with Crippen LogP contribution in [0.4, 0.5) is 0 Å². The summed E-state index contributed by atoms with van der Waals surface area (Å²) in [4.78, 5) is 12.1. The maximum absolute atomic E-state index is 12.1. The van der Waals surface area contributed by atoms with Crippen LogP contribution in [-0.2, 0) is 6.54 Å². The molecule has 6 nitrogen and oxygen atoms in total. The Morgan fingerprint density at radius 2 is 2.19 bits per heavy atom. The SMILES string of the molecule is O=C(NCc1ccnn1C1CCC1)c1nnc(C2CC2)s1. The molecular formula is C14H17N5OS. The fourth-order valence-electron chi connectivity index (χ4n) is 2.51. The van der Waals surface area contributed by atoms with Crippen molar-refractivity contribution in [3.63, 3.8) is 0 Å². The Balaban J connectivity index is 1.39. The monoisotopic (exact) mass is 303 g/mol. The van der Waals surface area contributed by atoms with Gasteiger partial charge in [0, 0.05) is 12.1 Å². The Bertz CT molecular complexity index is 656. The zero-order valence-corrected chi connectivity index (χ0v) is 12.5. The van der Waals surface area contributed by atoms with Gasteiger partial charge in [-0.3, -0.25) is 9.48 Å². The lowest BCUT2D eigenvalue weighted by Crippen LogP contribution is -2.27.